The van der Waals surface area contributed by atoms with E-state index in [1.807, 2.05) is 0 Å². The quantitative estimate of drug-likeness (QED) is 0.794. The molecule has 19 heavy (non-hydrogen) atoms. The highest BCUT2D eigenvalue weighted by molar-refractivity contribution is 7.84. The third-order valence-corrected chi connectivity index (χ3v) is 5.78. The summed E-state index contributed by atoms with van der Waals surface area (Å²) in [6.07, 6.45) is 12.2. The standard InChI is InChI=1S/C14H23NO3S/c16-19(17)15-13(10-11-6-2-1-3-7-11)12-8-4-5-9-14(12)18-19/h6,12-15H,1-5,7-10H2/t12?,13-,14?/m0/s1. The minimum Gasteiger partial charge on any atom is -0.254 e. The summed E-state index contributed by atoms with van der Waals surface area (Å²) in [7, 11) is -3.53. The molecule has 108 valence electrons. The molecule has 0 spiro atoms. The van der Waals surface area contributed by atoms with Crippen molar-refractivity contribution >= 4 is 10.3 Å². The van der Waals surface area contributed by atoms with Crippen LogP contribution in [0.3, 0.4) is 0 Å². The minimum absolute atomic E-state index is 0.0494. The average molecular weight is 285 g/mol. The molecular weight excluding hydrogens is 262 g/mol. The molecule has 0 amide bonds. The van der Waals surface area contributed by atoms with Gasteiger partial charge in [0.2, 0.25) is 0 Å². The van der Waals surface area contributed by atoms with Gasteiger partial charge in [0.05, 0.1) is 6.10 Å². The highest BCUT2D eigenvalue weighted by Gasteiger charge is 2.41. The van der Waals surface area contributed by atoms with Crippen LogP contribution in [0.25, 0.3) is 0 Å². The maximum absolute atomic E-state index is 11.8. The van der Waals surface area contributed by atoms with Crippen LogP contribution in [0.5, 0.6) is 0 Å². The van der Waals surface area contributed by atoms with Gasteiger partial charge in [0.1, 0.15) is 0 Å². The van der Waals surface area contributed by atoms with Gasteiger partial charge in [-0.2, -0.15) is 13.1 Å². The van der Waals surface area contributed by atoms with Crippen LogP contribution in [0.2, 0.25) is 0 Å². The number of hydrogen-bond donors (Lipinski definition) is 1. The lowest BCUT2D eigenvalue weighted by Crippen LogP contribution is -2.53. The monoisotopic (exact) mass is 285 g/mol. The Morgan fingerprint density at radius 2 is 2.05 bits per heavy atom. The molecular formula is C14H23NO3S. The van der Waals surface area contributed by atoms with Crippen LogP contribution in [0, 0.1) is 5.92 Å². The Labute approximate surface area is 115 Å². The third-order valence-electron chi connectivity index (χ3n) is 4.68. The van der Waals surface area contributed by atoms with Crippen molar-refractivity contribution in [1.29, 1.82) is 0 Å². The molecule has 2 unspecified atom stereocenters. The zero-order valence-electron chi connectivity index (χ0n) is 11.3. The van der Waals surface area contributed by atoms with E-state index in [2.05, 4.69) is 10.8 Å². The molecule has 2 fully saturated rings. The molecule has 0 aromatic carbocycles. The van der Waals surface area contributed by atoms with E-state index in [9.17, 15) is 8.42 Å². The van der Waals surface area contributed by atoms with Crippen molar-refractivity contribution < 1.29 is 12.6 Å². The van der Waals surface area contributed by atoms with Gasteiger partial charge in [-0.3, -0.25) is 4.18 Å². The first-order chi connectivity index (χ1) is 9.14. The minimum atomic E-state index is -3.53. The van der Waals surface area contributed by atoms with E-state index in [1.165, 1.54) is 24.8 Å². The molecule has 2 aliphatic carbocycles. The van der Waals surface area contributed by atoms with Crippen LogP contribution in [-0.4, -0.2) is 20.6 Å². The van der Waals surface area contributed by atoms with Gasteiger partial charge in [-0.05, 0) is 44.9 Å². The summed E-state index contributed by atoms with van der Waals surface area (Å²) in [5.41, 5.74) is 1.44. The second-order valence-corrected chi connectivity index (χ2v) is 7.41. The van der Waals surface area contributed by atoms with Gasteiger partial charge in [0.15, 0.2) is 0 Å². The first-order valence-corrected chi connectivity index (χ1v) is 8.93. The summed E-state index contributed by atoms with van der Waals surface area (Å²) in [5.74, 6) is 0.361. The van der Waals surface area contributed by atoms with Crippen LogP contribution in [-0.2, 0) is 14.5 Å². The van der Waals surface area contributed by atoms with Gasteiger partial charge in [-0.25, -0.2) is 0 Å². The van der Waals surface area contributed by atoms with Gasteiger partial charge in [-0.1, -0.05) is 24.5 Å². The van der Waals surface area contributed by atoms with E-state index in [0.717, 1.165) is 38.5 Å². The first-order valence-electron chi connectivity index (χ1n) is 7.52. The normalized spacial score (nSPS) is 38.3. The summed E-state index contributed by atoms with van der Waals surface area (Å²) in [6.45, 7) is 0. The van der Waals surface area contributed by atoms with Crippen LogP contribution < -0.4 is 4.72 Å². The van der Waals surface area contributed by atoms with E-state index in [4.69, 9.17) is 4.18 Å². The molecule has 1 aliphatic heterocycles. The van der Waals surface area contributed by atoms with Gasteiger partial charge in [-0.15, -0.1) is 0 Å². The lowest BCUT2D eigenvalue weighted by molar-refractivity contribution is 0.0548. The van der Waals surface area contributed by atoms with Gasteiger partial charge in [0, 0.05) is 12.0 Å². The molecule has 1 saturated heterocycles. The molecule has 5 heteroatoms. The van der Waals surface area contributed by atoms with Crippen LogP contribution in [0.1, 0.15) is 57.8 Å². The molecule has 0 aromatic heterocycles. The molecule has 1 saturated carbocycles. The van der Waals surface area contributed by atoms with Gasteiger partial charge >= 0.3 is 10.3 Å². The Bertz CT molecular complexity index is 457. The number of rotatable bonds is 2. The number of hydrogen-bond acceptors (Lipinski definition) is 3. The lowest BCUT2D eigenvalue weighted by Gasteiger charge is -2.41. The first kappa shape index (κ1) is 13.6. The summed E-state index contributed by atoms with van der Waals surface area (Å²) in [6, 6.07) is 0.0494. The van der Waals surface area contributed by atoms with Crippen molar-refractivity contribution in [2.75, 3.05) is 0 Å². The molecule has 3 atom stereocenters. The summed E-state index contributed by atoms with van der Waals surface area (Å²) in [5, 5.41) is 0. The molecule has 3 aliphatic rings. The highest BCUT2D eigenvalue weighted by atomic mass is 32.2. The maximum Gasteiger partial charge on any atom is 0.336 e. The zero-order valence-corrected chi connectivity index (χ0v) is 12.1. The lowest BCUT2D eigenvalue weighted by atomic mass is 9.79. The topological polar surface area (TPSA) is 55.4 Å². The Balaban J connectivity index is 1.75. The summed E-state index contributed by atoms with van der Waals surface area (Å²) >= 11 is 0. The van der Waals surface area contributed by atoms with Crippen molar-refractivity contribution in [2.45, 2.75) is 69.9 Å². The second-order valence-electron chi connectivity index (χ2n) is 6.07. The maximum atomic E-state index is 11.8. The van der Waals surface area contributed by atoms with Crippen LogP contribution in [0.4, 0.5) is 0 Å². The predicted molar refractivity (Wildman–Crippen MR) is 73.8 cm³/mol. The Morgan fingerprint density at radius 3 is 2.84 bits per heavy atom. The average Bonchev–Trinajstić information content (AvgIpc) is 2.38. The largest absolute Gasteiger partial charge is 0.336 e. The van der Waals surface area contributed by atoms with Crippen molar-refractivity contribution in [3.05, 3.63) is 11.6 Å². The molecule has 1 N–H and O–H groups in total. The summed E-state index contributed by atoms with van der Waals surface area (Å²) < 4.78 is 31.6. The van der Waals surface area contributed by atoms with E-state index in [0.29, 0.717) is 5.92 Å². The van der Waals surface area contributed by atoms with E-state index < -0.39 is 10.3 Å². The molecule has 1 heterocycles. The molecule has 3 rings (SSSR count). The van der Waals surface area contributed by atoms with Gasteiger partial charge in [0.25, 0.3) is 0 Å². The van der Waals surface area contributed by atoms with Crippen molar-refractivity contribution in [3.63, 3.8) is 0 Å². The second kappa shape index (κ2) is 5.54. The van der Waals surface area contributed by atoms with Crippen molar-refractivity contribution in [2.24, 2.45) is 5.92 Å². The SMILES string of the molecule is O=S1(=O)N[C@@H](CC2=CCCCC2)C2CCCCC2O1. The summed E-state index contributed by atoms with van der Waals surface area (Å²) in [4.78, 5) is 0. The van der Waals surface area contributed by atoms with Crippen LogP contribution in [0.15, 0.2) is 11.6 Å². The molecule has 0 aromatic rings. The fraction of sp³-hybridized carbons (Fsp3) is 0.857. The number of allylic oxidation sites excluding steroid dienone is 1. The zero-order chi connectivity index (χ0) is 13.3. The Morgan fingerprint density at radius 1 is 1.21 bits per heavy atom. The number of nitrogens with one attached hydrogen (secondary N) is 1. The molecule has 4 nitrogen and oxygen atoms in total. The van der Waals surface area contributed by atoms with Crippen LogP contribution >= 0.6 is 0 Å². The van der Waals surface area contributed by atoms with Crippen molar-refractivity contribution in [3.8, 4) is 0 Å². The van der Waals surface area contributed by atoms with E-state index >= 15 is 0 Å². The molecule has 0 radical (unpaired) electrons. The Kier molecular flexibility index (Phi) is 3.96. The fourth-order valence-corrected chi connectivity index (χ4v) is 4.98. The smallest absolute Gasteiger partial charge is 0.254 e. The van der Waals surface area contributed by atoms with E-state index in [1.54, 1.807) is 0 Å². The van der Waals surface area contributed by atoms with Gasteiger partial charge < -0.3 is 0 Å². The third kappa shape index (κ3) is 3.20. The predicted octanol–water partition coefficient (Wildman–Crippen LogP) is 2.67. The van der Waals surface area contributed by atoms with Crippen molar-refractivity contribution in [1.82, 2.24) is 4.72 Å². The highest BCUT2D eigenvalue weighted by Crippen LogP contribution is 2.36. The fourth-order valence-electron chi connectivity index (χ4n) is 3.73. The number of fused-ring (bicyclic) bond motifs is 1. The van der Waals surface area contributed by atoms with E-state index in [-0.39, 0.29) is 12.1 Å². The molecule has 0 bridgehead atoms. The Hall–Kier alpha value is -0.390.